The van der Waals surface area contributed by atoms with Crippen LogP contribution in [0.2, 0.25) is 0 Å². The van der Waals surface area contributed by atoms with Gasteiger partial charge in [-0.2, -0.15) is 5.10 Å². The monoisotopic (exact) mass is 283 g/mol. The molecular formula is C16H17N3O2. The van der Waals surface area contributed by atoms with Crippen LogP contribution in [-0.4, -0.2) is 27.8 Å². The van der Waals surface area contributed by atoms with E-state index in [4.69, 9.17) is 5.11 Å². The van der Waals surface area contributed by atoms with Crippen LogP contribution < -0.4 is 5.32 Å². The second kappa shape index (κ2) is 7.27. The molecule has 2 rings (SSSR count). The third-order valence-electron chi connectivity index (χ3n) is 2.98. The van der Waals surface area contributed by atoms with E-state index in [9.17, 15) is 4.79 Å². The van der Waals surface area contributed by atoms with Crippen molar-refractivity contribution >= 4 is 5.91 Å². The summed E-state index contributed by atoms with van der Waals surface area (Å²) in [6, 6.07) is 6.95. The molecule has 0 saturated heterocycles. The highest BCUT2D eigenvalue weighted by atomic mass is 16.2. The van der Waals surface area contributed by atoms with E-state index < -0.39 is 0 Å². The molecule has 1 heterocycles. The fraction of sp³-hybridized carbons (Fsp3) is 0.250. The van der Waals surface area contributed by atoms with Gasteiger partial charge in [-0.3, -0.25) is 9.89 Å². The number of hydrogen-bond acceptors (Lipinski definition) is 3. The minimum atomic E-state index is -0.140. The van der Waals surface area contributed by atoms with Crippen LogP contribution in [0.15, 0.2) is 36.7 Å². The molecule has 0 radical (unpaired) electrons. The molecule has 21 heavy (non-hydrogen) atoms. The third kappa shape index (κ3) is 4.20. The largest absolute Gasteiger partial charge is 0.395 e. The van der Waals surface area contributed by atoms with Crippen LogP contribution in [0.5, 0.6) is 0 Å². The van der Waals surface area contributed by atoms with Crippen molar-refractivity contribution < 1.29 is 9.90 Å². The summed E-state index contributed by atoms with van der Waals surface area (Å²) in [6.45, 7) is 1.96. The van der Waals surface area contributed by atoms with Gasteiger partial charge in [-0.05, 0) is 31.2 Å². The Balaban J connectivity index is 1.98. The fourth-order valence-corrected chi connectivity index (χ4v) is 1.79. The summed E-state index contributed by atoms with van der Waals surface area (Å²) in [5.41, 5.74) is 2.33. The Hall–Kier alpha value is -2.58. The topological polar surface area (TPSA) is 78.0 Å². The predicted molar refractivity (Wildman–Crippen MR) is 79.5 cm³/mol. The van der Waals surface area contributed by atoms with Crippen molar-refractivity contribution in [3.63, 3.8) is 0 Å². The summed E-state index contributed by atoms with van der Waals surface area (Å²) < 4.78 is 0. The van der Waals surface area contributed by atoms with E-state index in [2.05, 4.69) is 27.4 Å². The maximum absolute atomic E-state index is 12.1. The maximum Gasteiger partial charge on any atom is 0.251 e. The number of aliphatic hydroxyl groups excluding tert-OH is 1. The first-order chi connectivity index (χ1) is 10.2. The van der Waals surface area contributed by atoms with Gasteiger partial charge in [-0.1, -0.05) is 11.8 Å². The van der Waals surface area contributed by atoms with E-state index in [1.807, 2.05) is 6.92 Å². The van der Waals surface area contributed by atoms with Gasteiger partial charge in [0.05, 0.1) is 18.8 Å². The van der Waals surface area contributed by atoms with Crippen LogP contribution in [0.4, 0.5) is 0 Å². The summed E-state index contributed by atoms with van der Waals surface area (Å²) in [5.74, 6) is 5.62. The lowest BCUT2D eigenvalue weighted by molar-refractivity contribution is 0.0940. The van der Waals surface area contributed by atoms with E-state index in [1.165, 1.54) is 0 Å². The van der Waals surface area contributed by atoms with Crippen molar-refractivity contribution in [1.82, 2.24) is 15.5 Å². The molecule has 1 atom stereocenters. The number of aromatic amines is 1. The molecule has 5 heteroatoms. The van der Waals surface area contributed by atoms with Gasteiger partial charge in [0.1, 0.15) is 0 Å². The van der Waals surface area contributed by atoms with Gasteiger partial charge in [-0.15, -0.1) is 0 Å². The van der Waals surface area contributed by atoms with Gasteiger partial charge < -0.3 is 10.4 Å². The van der Waals surface area contributed by atoms with Crippen LogP contribution in [0.25, 0.3) is 0 Å². The second-order valence-corrected chi connectivity index (χ2v) is 4.58. The Bertz CT molecular complexity index is 636. The van der Waals surface area contributed by atoms with Gasteiger partial charge in [0, 0.05) is 29.3 Å². The van der Waals surface area contributed by atoms with Crippen molar-refractivity contribution in [3.05, 3.63) is 53.3 Å². The standard InChI is InChI=1S/C16H17N3O2/c1-12(15-10-17-18-11-15)19-16(21)14-7-5-13(6-8-14)4-2-3-9-20/h5-8,10-12,20H,3,9H2,1H3,(H,17,18)(H,19,21). The summed E-state index contributed by atoms with van der Waals surface area (Å²) in [6.07, 6.45) is 3.89. The number of hydrogen-bond donors (Lipinski definition) is 3. The van der Waals surface area contributed by atoms with Crippen molar-refractivity contribution in [2.75, 3.05) is 6.61 Å². The lowest BCUT2D eigenvalue weighted by Gasteiger charge is -2.11. The van der Waals surface area contributed by atoms with Crippen molar-refractivity contribution in [2.45, 2.75) is 19.4 Å². The highest BCUT2D eigenvalue weighted by Crippen LogP contribution is 2.11. The van der Waals surface area contributed by atoms with Crippen molar-refractivity contribution in [2.24, 2.45) is 0 Å². The molecule has 108 valence electrons. The molecule has 1 unspecified atom stereocenters. The van der Waals surface area contributed by atoms with E-state index >= 15 is 0 Å². The normalized spacial score (nSPS) is 11.3. The molecule has 2 aromatic rings. The van der Waals surface area contributed by atoms with Gasteiger partial charge in [0.2, 0.25) is 0 Å². The number of nitrogens with zero attached hydrogens (tertiary/aromatic N) is 1. The Morgan fingerprint density at radius 1 is 1.43 bits per heavy atom. The van der Waals surface area contributed by atoms with Gasteiger partial charge in [0.15, 0.2) is 0 Å². The molecule has 1 aromatic heterocycles. The Morgan fingerprint density at radius 2 is 2.19 bits per heavy atom. The SMILES string of the molecule is CC(NC(=O)c1ccc(C#CCCO)cc1)c1cn[nH]c1. The van der Waals surface area contributed by atoms with Crippen molar-refractivity contribution in [1.29, 1.82) is 0 Å². The Labute approximate surface area is 123 Å². The number of carbonyl (C=O) groups excluding carboxylic acids is 1. The first-order valence-electron chi connectivity index (χ1n) is 6.70. The zero-order chi connectivity index (χ0) is 15.1. The minimum absolute atomic E-state index is 0.0550. The summed E-state index contributed by atoms with van der Waals surface area (Å²) in [5, 5.41) is 18.1. The zero-order valence-corrected chi connectivity index (χ0v) is 11.8. The number of aromatic nitrogens is 2. The number of H-pyrrole nitrogens is 1. The second-order valence-electron chi connectivity index (χ2n) is 4.58. The van der Waals surface area contributed by atoms with Crippen LogP contribution >= 0.6 is 0 Å². The summed E-state index contributed by atoms with van der Waals surface area (Å²) >= 11 is 0. The molecule has 0 bridgehead atoms. The van der Waals surface area contributed by atoms with Gasteiger partial charge >= 0.3 is 0 Å². The Morgan fingerprint density at radius 3 is 2.81 bits per heavy atom. The molecule has 0 aliphatic heterocycles. The minimum Gasteiger partial charge on any atom is -0.395 e. The summed E-state index contributed by atoms with van der Waals surface area (Å²) in [7, 11) is 0. The number of amides is 1. The van der Waals surface area contributed by atoms with Crippen LogP contribution in [-0.2, 0) is 0 Å². The molecule has 0 spiro atoms. The smallest absolute Gasteiger partial charge is 0.251 e. The van der Waals surface area contributed by atoms with Crippen molar-refractivity contribution in [3.8, 4) is 11.8 Å². The summed E-state index contributed by atoms with van der Waals surface area (Å²) in [4.78, 5) is 12.1. The third-order valence-corrected chi connectivity index (χ3v) is 2.98. The van der Waals surface area contributed by atoms with E-state index in [0.717, 1.165) is 11.1 Å². The Kier molecular flexibility index (Phi) is 5.13. The quantitative estimate of drug-likeness (QED) is 0.746. The number of aliphatic hydroxyl groups is 1. The molecular weight excluding hydrogens is 266 g/mol. The molecule has 0 aliphatic rings. The van der Waals surface area contributed by atoms with Gasteiger partial charge in [-0.25, -0.2) is 0 Å². The van der Waals surface area contributed by atoms with E-state index in [-0.39, 0.29) is 18.6 Å². The number of benzene rings is 1. The zero-order valence-electron chi connectivity index (χ0n) is 11.8. The van der Waals surface area contributed by atoms with Crippen LogP contribution in [0.3, 0.4) is 0 Å². The highest BCUT2D eigenvalue weighted by molar-refractivity contribution is 5.94. The lowest BCUT2D eigenvalue weighted by Crippen LogP contribution is -2.26. The molecule has 0 fully saturated rings. The van der Waals surface area contributed by atoms with Crippen LogP contribution in [0.1, 0.15) is 40.9 Å². The first kappa shape index (κ1) is 14.8. The molecule has 0 saturated carbocycles. The molecule has 5 nitrogen and oxygen atoms in total. The maximum atomic E-state index is 12.1. The first-order valence-corrected chi connectivity index (χ1v) is 6.70. The number of carbonyl (C=O) groups is 1. The average molecular weight is 283 g/mol. The predicted octanol–water partition coefficient (Wildman–Crippen LogP) is 1.63. The molecule has 1 aromatic carbocycles. The van der Waals surface area contributed by atoms with Crippen LogP contribution in [0, 0.1) is 11.8 Å². The number of rotatable bonds is 4. The highest BCUT2D eigenvalue weighted by Gasteiger charge is 2.11. The van der Waals surface area contributed by atoms with E-state index in [0.29, 0.717) is 12.0 Å². The lowest BCUT2D eigenvalue weighted by atomic mass is 10.1. The molecule has 3 N–H and O–H groups in total. The van der Waals surface area contributed by atoms with E-state index in [1.54, 1.807) is 36.7 Å². The molecule has 1 amide bonds. The number of nitrogens with one attached hydrogen (secondary N) is 2. The molecule has 0 aliphatic carbocycles. The van der Waals surface area contributed by atoms with Gasteiger partial charge in [0.25, 0.3) is 5.91 Å². The average Bonchev–Trinajstić information content (AvgIpc) is 3.02. The fourth-order valence-electron chi connectivity index (χ4n) is 1.79.